The third-order valence-electron chi connectivity index (χ3n) is 3.01. The number of aromatic nitrogens is 1. The van der Waals surface area contributed by atoms with Crippen LogP contribution in [0.1, 0.15) is 20.3 Å². The smallest absolute Gasteiger partial charge is 0.0737 e. The second kappa shape index (κ2) is 7.01. The number of hydrogen-bond donors (Lipinski definition) is 1. The fourth-order valence-electron chi connectivity index (χ4n) is 1.99. The predicted molar refractivity (Wildman–Crippen MR) is 87.5 cm³/mol. The largest absolute Gasteiger partial charge is 0.382 e. The Labute approximate surface area is 123 Å². The zero-order valence-corrected chi connectivity index (χ0v) is 12.9. The van der Waals surface area contributed by atoms with Crippen LogP contribution in [0.5, 0.6) is 0 Å². The molecule has 0 fully saturated rings. The van der Waals surface area contributed by atoms with E-state index in [2.05, 4.69) is 24.1 Å². The van der Waals surface area contributed by atoms with E-state index in [-0.39, 0.29) is 0 Å². The average molecular weight is 295 g/mol. The van der Waals surface area contributed by atoms with Gasteiger partial charge in [-0.25, -0.2) is 0 Å². The van der Waals surface area contributed by atoms with E-state index in [1.165, 1.54) is 11.5 Å². The number of anilines is 1. The van der Waals surface area contributed by atoms with E-state index in [4.69, 9.17) is 11.6 Å². The van der Waals surface area contributed by atoms with Crippen LogP contribution in [-0.4, -0.2) is 22.5 Å². The third-order valence-corrected chi connectivity index (χ3v) is 4.17. The molecule has 2 rings (SSSR count). The first-order chi connectivity index (χ1) is 9.20. The zero-order valence-electron chi connectivity index (χ0n) is 11.3. The maximum atomic E-state index is 6.00. The average Bonchev–Trinajstić information content (AvgIpc) is 2.39. The first kappa shape index (κ1) is 14.5. The van der Waals surface area contributed by atoms with E-state index >= 15 is 0 Å². The molecule has 1 unspecified atom stereocenters. The molecule has 1 heterocycles. The van der Waals surface area contributed by atoms with E-state index in [1.54, 1.807) is 0 Å². The normalized spacial score (nSPS) is 12.6. The Bertz CT molecular complexity index is 545. The van der Waals surface area contributed by atoms with Gasteiger partial charge in [0.25, 0.3) is 0 Å². The molecule has 1 aromatic heterocycles. The minimum atomic E-state index is 0.459. The van der Waals surface area contributed by atoms with Crippen molar-refractivity contribution >= 4 is 40.0 Å². The Morgan fingerprint density at radius 2 is 2.21 bits per heavy atom. The minimum absolute atomic E-state index is 0.459. The van der Waals surface area contributed by atoms with E-state index in [0.29, 0.717) is 6.04 Å². The number of halogens is 1. The van der Waals surface area contributed by atoms with Gasteiger partial charge >= 0.3 is 0 Å². The molecule has 0 saturated heterocycles. The van der Waals surface area contributed by atoms with Crippen LogP contribution in [0.4, 0.5) is 5.69 Å². The summed E-state index contributed by atoms with van der Waals surface area (Å²) in [7, 11) is 0. The van der Waals surface area contributed by atoms with Gasteiger partial charge in [0.05, 0.1) is 5.52 Å². The summed E-state index contributed by atoms with van der Waals surface area (Å²) in [6.07, 6.45) is 2.99. The van der Waals surface area contributed by atoms with Gasteiger partial charge in [-0.3, -0.25) is 4.98 Å². The fourth-order valence-corrected chi connectivity index (χ4v) is 2.96. The van der Waals surface area contributed by atoms with Crippen LogP contribution in [0.3, 0.4) is 0 Å². The summed E-state index contributed by atoms with van der Waals surface area (Å²) in [6, 6.07) is 8.33. The first-order valence-electron chi connectivity index (χ1n) is 6.59. The van der Waals surface area contributed by atoms with Crippen molar-refractivity contribution in [3.63, 3.8) is 0 Å². The molecule has 0 aliphatic rings. The van der Waals surface area contributed by atoms with Gasteiger partial charge < -0.3 is 5.32 Å². The van der Waals surface area contributed by atoms with Crippen molar-refractivity contribution in [3.8, 4) is 0 Å². The molecule has 1 aromatic carbocycles. The highest BCUT2D eigenvalue weighted by Crippen LogP contribution is 2.25. The molecular weight excluding hydrogens is 276 g/mol. The highest BCUT2D eigenvalue weighted by Gasteiger charge is 2.06. The number of hydrogen-bond acceptors (Lipinski definition) is 3. The van der Waals surface area contributed by atoms with Crippen molar-refractivity contribution in [2.24, 2.45) is 0 Å². The lowest BCUT2D eigenvalue weighted by atomic mass is 10.1. The lowest BCUT2D eigenvalue weighted by Gasteiger charge is -2.16. The molecule has 102 valence electrons. The number of pyridine rings is 1. The molecule has 0 spiro atoms. The number of nitrogens with one attached hydrogen (secondary N) is 1. The molecule has 0 aliphatic carbocycles. The van der Waals surface area contributed by atoms with Crippen molar-refractivity contribution in [2.75, 3.05) is 16.8 Å². The Kier molecular flexibility index (Phi) is 5.34. The molecule has 0 radical (unpaired) electrons. The molecule has 2 nitrogen and oxygen atoms in total. The van der Waals surface area contributed by atoms with Crippen LogP contribution in [0.2, 0.25) is 5.02 Å². The topological polar surface area (TPSA) is 24.9 Å². The van der Waals surface area contributed by atoms with Crippen LogP contribution in [0.25, 0.3) is 10.9 Å². The molecule has 1 atom stereocenters. The third kappa shape index (κ3) is 4.02. The van der Waals surface area contributed by atoms with Gasteiger partial charge in [-0.15, -0.1) is 0 Å². The lowest BCUT2D eigenvalue weighted by Crippen LogP contribution is -2.16. The second-order valence-corrected chi connectivity index (χ2v) is 6.38. The maximum Gasteiger partial charge on any atom is 0.0737 e. The summed E-state index contributed by atoms with van der Waals surface area (Å²) in [5, 5.41) is 5.42. The number of nitrogens with zero attached hydrogens (tertiary/aromatic N) is 1. The molecule has 1 N–H and O–H groups in total. The molecule has 0 aliphatic heterocycles. The summed E-state index contributed by atoms with van der Waals surface area (Å²) in [6.45, 7) is 4.42. The van der Waals surface area contributed by atoms with Crippen molar-refractivity contribution in [1.82, 2.24) is 4.98 Å². The summed E-state index contributed by atoms with van der Waals surface area (Å²) >= 11 is 7.98. The highest BCUT2D eigenvalue weighted by atomic mass is 35.5. The van der Waals surface area contributed by atoms with Gasteiger partial charge in [0.2, 0.25) is 0 Å². The Morgan fingerprint density at radius 3 is 3.00 bits per heavy atom. The lowest BCUT2D eigenvalue weighted by molar-refractivity contribution is 0.772. The molecular formula is C15H19ClN2S. The standard InChI is InChI=1S/C15H19ClN2S/c1-3-19-9-7-11(2)18-14-6-8-17-15-10-12(16)4-5-13(14)15/h4-6,8,10-11H,3,7,9H2,1-2H3,(H,17,18). The van der Waals surface area contributed by atoms with E-state index in [1.807, 2.05) is 42.2 Å². The molecule has 0 bridgehead atoms. The van der Waals surface area contributed by atoms with Crippen molar-refractivity contribution in [3.05, 3.63) is 35.5 Å². The van der Waals surface area contributed by atoms with Gasteiger partial charge in [-0.2, -0.15) is 11.8 Å². The number of fused-ring (bicyclic) bond motifs is 1. The summed E-state index contributed by atoms with van der Waals surface area (Å²) in [4.78, 5) is 4.36. The molecule has 19 heavy (non-hydrogen) atoms. The van der Waals surface area contributed by atoms with Gasteiger partial charge in [-0.1, -0.05) is 18.5 Å². The summed E-state index contributed by atoms with van der Waals surface area (Å²) < 4.78 is 0. The van der Waals surface area contributed by atoms with E-state index in [0.717, 1.165) is 28.0 Å². The highest BCUT2D eigenvalue weighted by molar-refractivity contribution is 7.99. The maximum absolute atomic E-state index is 6.00. The Hall–Kier alpha value is -0.930. The quantitative estimate of drug-likeness (QED) is 0.772. The number of benzene rings is 1. The molecule has 2 aromatic rings. The van der Waals surface area contributed by atoms with Gasteiger partial charge in [0.15, 0.2) is 0 Å². The Balaban J connectivity index is 2.12. The zero-order chi connectivity index (χ0) is 13.7. The molecule has 4 heteroatoms. The summed E-state index contributed by atoms with van der Waals surface area (Å²) in [5.74, 6) is 2.38. The van der Waals surface area contributed by atoms with Crippen LogP contribution in [0, 0.1) is 0 Å². The van der Waals surface area contributed by atoms with Gasteiger partial charge in [0.1, 0.15) is 0 Å². The van der Waals surface area contributed by atoms with Gasteiger partial charge in [0, 0.05) is 28.3 Å². The van der Waals surface area contributed by atoms with Crippen LogP contribution in [0.15, 0.2) is 30.5 Å². The SMILES string of the molecule is CCSCCC(C)Nc1ccnc2cc(Cl)ccc12. The second-order valence-electron chi connectivity index (χ2n) is 4.55. The van der Waals surface area contributed by atoms with Crippen LogP contribution >= 0.6 is 23.4 Å². The Morgan fingerprint density at radius 1 is 1.37 bits per heavy atom. The molecule has 0 amide bonds. The van der Waals surface area contributed by atoms with Crippen LogP contribution < -0.4 is 5.32 Å². The first-order valence-corrected chi connectivity index (χ1v) is 8.12. The van der Waals surface area contributed by atoms with E-state index in [9.17, 15) is 0 Å². The number of thioether (sulfide) groups is 1. The molecule has 0 saturated carbocycles. The minimum Gasteiger partial charge on any atom is -0.382 e. The van der Waals surface area contributed by atoms with Crippen molar-refractivity contribution in [2.45, 2.75) is 26.3 Å². The summed E-state index contributed by atoms with van der Waals surface area (Å²) in [5.41, 5.74) is 2.07. The van der Waals surface area contributed by atoms with Crippen LogP contribution in [-0.2, 0) is 0 Å². The number of rotatable bonds is 6. The van der Waals surface area contributed by atoms with Gasteiger partial charge in [-0.05, 0) is 49.1 Å². The van der Waals surface area contributed by atoms with Crippen molar-refractivity contribution in [1.29, 1.82) is 0 Å². The predicted octanol–water partition coefficient (Wildman–Crippen LogP) is 4.83. The van der Waals surface area contributed by atoms with E-state index < -0.39 is 0 Å². The fraction of sp³-hybridized carbons (Fsp3) is 0.400. The monoisotopic (exact) mass is 294 g/mol. The van der Waals surface area contributed by atoms with Crippen molar-refractivity contribution < 1.29 is 0 Å².